The number of ether oxygens (including phenoxy) is 1. The van der Waals surface area contributed by atoms with Crippen LogP contribution >= 0.6 is 11.3 Å². The lowest BCUT2D eigenvalue weighted by Crippen LogP contribution is -2.18. The average molecular weight is 441 g/mol. The second-order valence-corrected chi connectivity index (χ2v) is 10.2. The fourth-order valence-corrected chi connectivity index (χ4v) is 4.82. The predicted octanol–water partition coefficient (Wildman–Crippen LogP) is 4.60. The van der Waals surface area contributed by atoms with Crippen LogP contribution in [0.3, 0.4) is 0 Å². The highest BCUT2D eigenvalue weighted by Gasteiger charge is 2.18. The number of hydrogen-bond donors (Lipinski definition) is 1. The van der Waals surface area contributed by atoms with E-state index in [1.165, 1.54) is 23.7 Å². The Morgan fingerprint density at radius 3 is 2.53 bits per heavy atom. The van der Waals surface area contributed by atoms with Gasteiger partial charge >= 0.3 is 0 Å². The molecule has 1 amide bonds. The Hall–Kier alpha value is -2.97. The minimum atomic E-state index is -3.30. The molecule has 30 heavy (non-hydrogen) atoms. The molecule has 154 valence electrons. The summed E-state index contributed by atoms with van der Waals surface area (Å²) in [5.41, 5.74) is 1.54. The number of fused-ring (bicyclic) bond motifs is 2. The summed E-state index contributed by atoms with van der Waals surface area (Å²) < 4.78 is 29.4. The normalized spacial score (nSPS) is 12.8. The fraction of sp³-hybridized carbons (Fsp3) is 0.182. The van der Waals surface area contributed by atoms with Crippen molar-refractivity contribution in [2.24, 2.45) is 0 Å². The summed E-state index contributed by atoms with van der Waals surface area (Å²) in [5, 5.41) is 5.37. The third kappa shape index (κ3) is 4.01. The Bertz CT molecular complexity index is 1380. The highest BCUT2D eigenvalue weighted by molar-refractivity contribution is 7.90. The van der Waals surface area contributed by atoms with E-state index in [9.17, 15) is 13.2 Å². The van der Waals surface area contributed by atoms with Gasteiger partial charge in [-0.25, -0.2) is 13.4 Å². The largest absolute Gasteiger partial charge is 0.497 e. The number of nitrogens with one attached hydrogen (secondary N) is 1. The molecule has 1 N–H and O–H groups in total. The predicted molar refractivity (Wildman–Crippen MR) is 120 cm³/mol. The molecule has 3 aromatic carbocycles. The Morgan fingerprint density at radius 2 is 1.80 bits per heavy atom. The van der Waals surface area contributed by atoms with Crippen LogP contribution in [0.25, 0.3) is 21.0 Å². The highest BCUT2D eigenvalue weighted by Crippen LogP contribution is 2.30. The SMILES string of the molecule is COc1ccc2cc([C@H](C)C(=O)Nc3nc4ccc(S(C)(=O)=O)cc4s3)ccc2c1. The van der Waals surface area contributed by atoms with Crippen LogP contribution in [0.15, 0.2) is 59.5 Å². The van der Waals surface area contributed by atoms with Gasteiger partial charge in [0, 0.05) is 6.26 Å². The first-order chi connectivity index (χ1) is 14.2. The van der Waals surface area contributed by atoms with Gasteiger partial charge in [0.15, 0.2) is 15.0 Å². The van der Waals surface area contributed by atoms with E-state index in [4.69, 9.17) is 4.74 Å². The zero-order valence-corrected chi connectivity index (χ0v) is 18.3. The van der Waals surface area contributed by atoms with E-state index in [-0.39, 0.29) is 16.7 Å². The first kappa shape index (κ1) is 20.3. The maximum Gasteiger partial charge on any atom is 0.233 e. The van der Waals surface area contributed by atoms with E-state index in [0.29, 0.717) is 15.3 Å². The standard InChI is InChI=1S/C22H20N2O4S2/c1-13(14-4-5-16-11-17(28-2)7-6-15(16)10-14)21(25)24-22-23-19-9-8-18(30(3,26)27)12-20(19)29-22/h4-13H,1-3H3,(H,23,24,25)/t13-/m0/s1. The van der Waals surface area contributed by atoms with Gasteiger partial charge in [-0.1, -0.05) is 35.6 Å². The van der Waals surface area contributed by atoms with Crippen molar-refractivity contribution >= 4 is 53.2 Å². The molecular weight excluding hydrogens is 420 g/mol. The molecular formula is C22H20N2O4S2. The smallest absolute Gasteiger partial charge is 0.233 e. The Morgan fingerprint density at radius 1 is 1.07 bits per heavy atom. The molecule has 1 atom stereocenters. The van der Waals surface area contributed by atoms with Crippen LogP contribution in [-0.2, 0) is 14.6 Å². The van der Waals surface area contributed by atoms with Gasteiger partial charge in [0.05, 0.1) is 28.1 Å². The second kappa shape index (κ2) is 7.70. The lowest BCUT2D eigenvalue weighted by atomic mass is 9.97. The van der Waals surface area contributed by atoms with Crippen LogP contribution in [0.5, 0.6) is 5.75 Å². The molecule has 0 aliphatic carbocycles. The number of amides is 1. The number of aromatic nitrogens is 1. The first-order valence-electron chi connectivity index (χ1n) is 9.24. The summed E-state index contributed by atoms with van der Waals surface area (Å²) in [7, 11) is -1.67. The Kier molecular flexibility index (Phi) is 5.21. The molecule has 6 nitrogen and oxygen atoms in total. The number of carbonyl (C=O) groups excluding carboxylic acids is 1. The lowest BCUT2D eigenvalue weighted by Gasteiger charge is -2.12. The minimum Gasteiger partial charge on any atom is -0.497 e. The van der Waals surface area contributed by atoms with Crippen LogP contribution in [0.2, 0.25) is 0 Å². The van der Waals surface area contributed by atoms with E-state index in [1.54, 1.807) is 19.2 Å². The topological polar surface area (TPSA) is 85.4 Å². The zero-order valence-electron chi connectivity index (χ0n) is 16.7. The van der Waals surface area contributed by atoms with E-state index >= 15 is 0 Å². The monoisotopic (exact) mass is 440 g/mol. The number of sulfone groups is 1. The van der Waals surface area contributed by atoms with Crippen LogP contribution < -0.4 is 10.1 Å². The highest BCUT2D eigenvalue weighted by atomic mass is 32.2. The van der Waals surface area contributed by atoms with E-state index in [2.05, 4.69) is 10.3 Å². The molecule has 0 bridgehead atoms. The first-order valence-corrected chi connectivity index (χ1v) is 11.9. The van der Waals surface area contributed by atoms with Crippen molar-refractivity contribution in [2.45, 2.75) is 17.7 Å². The summed E-state index contributed by atoms with van der Waals surface area (Å²) in [4.78, 5) is 17.4. The fourth-order valence-electron chi connectivity index (χ4n) is 3.19. The second-order valence-electron chi connectivity index (χ2n) is 7.10. The van der Waals surface area contributed by atoms with Gasteiger partial charge < -0.3 is 10.1 Å². The number of nitrogens with zero attached hydrogens (tertiary/aromatic N) is 1. The van der Waals surface area contributed by atoms with Crippen molar-refractivity contribution in [3.63, 3.8) is 0 Å². The van der Waals surface area contributed by atoms with Crippen LogP contribution in [-0.4, -0.2) is 32.7 Å². The summed E-state index contributed by atoms with van der Waals surface area (Å²) in [6, 6.07) is 16.5. The van der Waals surface area contributed by atoms with Gasteiger partial charge in [-0.2, -0.15) is 0 Å². The molecule has 4 aromatic rings. The number of anilines is 1. The summed E-state index contributed by atoms with van der Waals surface area (Å²) >= 11 is 1.25. The molecule has 0 unspecified atom stereocenters. The molecule has 0 fully saturated rings. The van der Waals surface area contributed by atoms with Gasteiger partial charge in [-0.3, -0.25) is 4.79 Å². The van der Waals surface area contributed by atoms with Gasteiger partial charge in [0.25, 0.3) is 0 Å². The zero-order chi connectivity index (χ0) is 21.5. The molecule has 8 heteroatoms. The van der Waals surface area contributed by atoms with Gasteiger partial charge in [-0.15, -0.1) is 0 Å². The molecule has 0 radical (unpaired) electrons. The summed E-state index contributed by atoms with van der Waals surface area (Å²) in [6.07, 6.45) is 1.17. The maximum atomic E-state index is 12.8. The molecule has 1 heterocycles. The molecule has 0 spiro atoms. The van der Waals surface area contributed by atoms with Crippen LogP contribution in [0.1, 0.15) is 18.4 Å². The van der Waals surface area contributed by atoms with Crippen molar-refractivity contribution in [1.29, 1.82) is 0 Å². The van der Waals surface area contributed by atoms with Gasteiger partial charge in [0.2, 0.25) is 5.91 Å². The molecule has 0 aliphatic rings. The third-order valence-electron chi connectivity index (χ3n) is 4.98. The number of thiazole rings is 1. The summed E-state index contributed by atoms with van der Waals surface area (Å²) in [5.74, 6) is 0.233. The van der Waals surface area contributed by atoms with Crippen molar-refractivity contribution in [3.8, 4) is 5.75 Å². The number of methoxy groups -OCH3 is 1. The molecule has 4 rings (SSSR count). The Balaban J connectivity index is 1.56. The quantitative estimate of drug-likeness (QED) is 0.490. The number of rotatable bonds is 5. The van der Waals surface area contributed by atoms with Crippen molar-refractivity contribution in [1.82, 2.24) is 4.98 Å². The minimum absolute atomic E-state index is 0.176. The van der Waals surface area contributed by atoms with E-state index < -0.39 is 9.84 Å². The maximum absolute atomic E-state index is 12.8. The average Bonchev–Trinajstić information content (AvgIpc) is 3.13. The Labute approximate surface area is 178 Å². The van der Waals surface area contributed by atoms with E-state index in [0.717, 1.165) is 22.1 Å². The number of carbonyl (C=O) groups is 1. The molecule has 0 saturated heterocycles. The number of hydrogen-bond acceptors (Lipinski definition) is 6. The van der Waals surface area contributed by atoms with Gasteiger partial charge in [-0.05, 0) is 53.6 Å². The summed E-state index contributed by atoms with van der Waals surface area (Å²) in [6.45, 7) is 1.84. The molecule has 1 aromatic heterocycles. The lowest BCUT2D eigenvalue weighted by molar-refractivity contribution is -0.117. The number of benzene rings is 3. The van der Waals surface area contributed by atoms with Crippen LogP contribution in [0, 0.1) is 0 Å². The van der Waals surface area contributed by atoms with Crippen molar-refractivity contribution in [2.75, 3.05) is 18.7 Å². The van der Waals surface area contributed by atoms with Crippen LogP contribution in [0.4, 0.5) is 5.13 Å². The van der Waals surface area contributed by atoms with Crippen molar-refractivity contribution < 1.29 is 17.9 Å². The third-order valence-corrected chi connectivity index (χ3v) is 7.03. The van der Waals surface area contributed by atoms with Gasteiger partial charge in [0.1, 0.15) is 5.75 Å². The molecule has 0 aliphatic heterocycles. The molecule has 0 saturated carbocycles. The van der Waals surface area contributed by atoms with E-state index in [1.807, 2.05) is 43.3 Å². The van der Waals surface area contributed by atoms with Crippen molar-refractivity contribution in [3.05, 3.63) is 60.2 Å².